The van der Waals surface area contributed by atoms with Gasteiger partial charge in [0, 0.05) is 20.2 Å². The SMILES string of the molecule is CCCCN(C)C(=O)Cn1c(C2CCCO2)nc2ccccc21. The molecule has 3 rings (SSSR count). The molecule has 1 atom stereocenters. The zero-order valence-corrected chi connectivity index (χ0v) is 14.0. The van der Waals surface area contributed by atoms with Gasteiger partial charge >= 0.3 is 0 Å². The van der Waals surface area contributed by atoms with Crippen LogP contribution in [-0.2, 0) is 16.1 Å². The molecule has 1 saturated heterocycles. The average molecular weight is 315 g/mol. The smallest absolute Gasteiger partial charge is 0.242 e. The van der Waals surface area contributed by atoms with Gasteiger partial charge in [-0.15, -0.1) is 0 Å². The van der Waals surface area contributed by atoms with E-state index in [0.29, 0.717) is 6.54 Å². The molecule has 0 aliphatic carbocycles. The lowest BCUT2D eigenvalue weighted by atomic mass is 10.2. The molecule has 1 fully saturated rings. The Kier molecular flexibility index (Phi) is 4.96. The van der Waals surface area contributed by atoms with E-state index in [1.54, 1.807) is 0 Å². The normalized spacial score (nSPS) is 17.7. The van der Waals surface area contributed by atoms with E-state index < -0.39 is 0 Å². The number of carbonyl (C=O) groups excluding carboxylic acids is 1. The number of likely N-dealkylation sites (N-methyl/N-ethyl adjacent to an activating group) is 1. The largest absolute Gasteiger partial charge is 0.370 e. The molecule has 1 aromatic carbocycles. The number of amides is 1. The third kappa shape index (κ3) is 3.39. The van der Waals surface area contributed by atoms with Crippen molar-refractivity contribution >= 4 is 16.9 Å². The Labute approximate surface area is 137 Å². The number of unbranched alkanes of at least 4 members (excludes halogenated alkanes) is 1. The molecule has 1 aromatic heterocycles. The lowest BCUT2D eigenvalue weighted by Crippen LogP contribution is -2.31. The molecular weight excluding hydrogens is 290 g/mol. The molecule has 0 saturated carbocycles. The second-order valence-corrected chi connectivity index (χ2v) is 6.22. The molecule has 2 heterocycles. The van der Waals surface area contributed by atoms with Crippen LogP contribution in [-0.4, -0.2) is 40.6 Å². The number of hydrogen-bond acceptors (Lipinski definition) is 3. The number of imidazole rings is 1. The number of hydrogen-bond donors (Lipinski definition) is 0. The van der Waals surface area contributed by atoms with Crippen LogP contribution in [0.15, 0.2) is 24.3 Å². The fraction of sp³-hybridized carbons (Fsp3) is 0.556. The van der Waals surface area contributed by atoms with Crippen LogP contribution in [0.25, 0.3) is 11.0 Å². The summed E-state index contributed by atoms with van der Waals surface area (Å²) < 4.78 is 7.85. The van der Waals surface area contributed by atoms with E-state index in [1.165, 1.54) is 0 Å². The van der Waals surface area contributed by atoms with Crippen molar-refractivity contribution in [3.05, 3.63) is 30.1 Å². The second-order valence-electron chi connectivity index (χ2n) is 6.22. The van der Waals surface area contributed by atoms with Crippen molar-refractivity contribution in [2.24, 2.45) is 0 Å². The monoisotopic (exact) mass is 315 g/mol. The highest BCUT2D eigenvalue weighted by atomic mass is 16.5. The predicted octanol–water partition coefficient (Wildman–Crippen LogP) is 3.15. The molecule has 5 heteroatoms. The third-order valence-corrected chi connectivity index (χ3v) is 4.47. The standard InChI is InChI=1S/C18H25N3O2/c1-3-4-11-20(2)17(22)13-21-15-9-6-5-8-14(15)19-18(21)16-10-7-12-23-16/h5-6,8-9,16H,3-4,7,10-13H2,1-2H3. The zero-order chi connectivity index (χ0) is 16.2. The van der Waals surface area contributed by atoms with Gasteiger partial charge in [-0.25, -0.2) is 4.98 Å². The summed E-state index contributed by atoms with van der Waals surface area (Å²) in [6.45, 7) is 4.04. The molecule has 124 valence electrons. The Morgan fingerprint density at radius 1 is 1.43 bits per heavy atom. The first-order valence-corrected chi connectivity index (χ1v) is 8.51. The van der Waals surface area contributed by atoms with Crippen molar-refractivity contribution < 1.29 is 9.53 Å². The highest BCUT2D eigenvalue weighted by molar-refractivity contribution is 5.81. The first kappa shape index (κ1) is 16.0. The predicted molar refractivity (Wildman–Crippen MR) is 90.2 cm³/mol. The highest BCUT2D eigenvalue weighted by Gasteiger charge is 2.25. The molecule has 1 aliphatic heterocycles. The maximum Gasteiger partial charge on any atom is 0.242 e. The summed E-state index contributed by atoms with van der Waals surface area (Å²) in [6, 6.07) is 7.99. The summed E-state index contributed by atoms with van der Waals surface area (Å²) in [5.41, 5.74) is 1.94. The van der Waals surface area contributed by atoms with Gasteiger partial charge < -0.3 is 14.2 Å². The van der Waals surface area contributed by atoms with Crippen LogP contribution < -0.4 is 0 Å². The van der Waals surface area contributed by atoms with Crippen molar-refractivity contribution in [2.45, 2.75) is 45.3 Å². The summed E-state index contributed by atoms with van der Waals surface area (Å²) in [7, 11) is 1.88. The van der Waals surface area contributed by atoms with E-state index in [9.17, 15) is 4.79 Å². The average Bonchev–Trinajstić information content (AvgIpc) is 3.20. The van der Waals surface area contributed by atoms with E-state index in [-0.39, 0.29) is 12.0 Å². The van der Waals surface area contributed by atoms with E-state index in [4.69, 9.17) is 9.72 Å². The number of fused-ring (bicyclic) bond motifs is 1. The summed E-state index contributed by atoms with van der Waals surface area (Å²) in [6.07, 6.45) is 4.16. The Bertz CT molecular complexity index is 674. The number of benzene rings is 1. The van der Waals surface area contributed by atoms with Crippen LogP contribution in [0.1, 0.15) is 44.5 Å². The van der Waals surface area contributed by atoms with Gasteiger partial charge in [-0.05, 0) is 31.4 Å². The van der Waals surface area contributed by atoms with Gasteiger partial charge in [0.1, 0.15) is 18.5 Å². The van der Waals surface area contributed by atoms with Crippen molar-refractivity contribution in [2.75, 3.05) is 20.2 Å². The van der Waals surface area contributed by atoms with Crippen molar-refractivity contribution in [1.29, 1.82) is 0 Å². The van der Waals surface area contributed by atoms with Gasteiger partial charge in [-0.1, -0.05) is 25.5 Å². The van der Waals surface area contributed by atoms with Crippen molar-refractivity contribution in [3.63, 3.8) is 0 Å². The van der Waals surface area contributed by atoms with Gasteiger partial charge in [-0.3, -0.25) is 4.79 Å². The van der Waals surface area contributed by atoms with Gasteiger partial charge in [0.15, 0.2) is 0 Å². The van der Waals surface area contributed by atoms with E-state index in [2.05, 4.69) is 6.92 Å². The van der Waals surface area contributed by atoms with Crippen LogP contribution in [0.4, 0.5) is 0 Å². The third-order valence-electron chi connectivity index (χ3n) is 4.47. The Morgan fingerprint density at radius 2 is 2.26 bits per heavy atom. The topological polar surface area (TPSA) is 47.4 Å². The fourth-order valence-electron chi connectivity index (χ4n) is 3.06. The molecule has 1 aliphatic rings. The van der Waals surface area contributed by atoms with Crippen molar-refractivity contribution in [1.82, 2.24) is 14.5 Å². The summed E-state index contributed by atoms with van der Waals surface area (Å²) in [4.78, 5) is 19.1. The van der Waals surface area contributed by atoms with E-state index in [1.807, 2.05) is 40.8 Å². The minimum absolute atomic E-state index is 0.0103. The van der Waals surface area contributed by atoms with Gasteiger partial charge in [0.05, 0.1) is 11.0 Å². The van der Waals surface area contributed by atoms with E-state index in [0.717, 1.165) is 55.7 Å². The van der Waals surface area contributed by atoms with Gasteiger partial charge in [0.25, 0.3) is 0 Å². The van der Waals surface area contributed by atoms with Crippen LogP contribution in [0.2, 0.25) is 0 Å². The molecular formula is C18H25N3O2. The highest BCUT2D eigenvalue weighted by Crippen LogP contribution is 2.30. The van der Waals surface area contributed by atoms with Crippen molar-refractivity contribution in [3.8, 4) is 0 Å². The first-order chi connectivity index (χ1) is 11.2. The molecule has 1 unspecified atom stereocenters. The summed E-state index contributed by atoms with van der Waals surface area (Å²) in [5, 5.41) is 0. The minimum atomic E-state index is 0.0103. The summed E-state index contributed by atoms with van der Waals surface area (Å²) in [5.74, 6) is 1.02. The van der Waals surface area contributed by atoms with Crippen LogP contribution in [0.3, 0.4) is 0 Å². The van der Waals surface area contributed by atoms with Gasteiger partial charge in [-0.2, -0.15) is 0 Å². The Balaban J connectivity index is 1.88. The number of ether oxygens (including phenoxy) is 1. The summed E-state index contributed by atoms with van der Waals surface area (Å²) >= 11 is 0. The van der Waals surface area contributed by atoms with Gasteiger partial charge in [0.2, 0.25) is 5.91 Å². The zero-order valence-electron chi connectivity index (χ0n) is 14.0. The number of nitrogens with zero attached hydrogens (tertiary/aromatic N) is 3. The maximum atomic E-state index is 12.6. The van der Waals surface area contributed by atoms with E-state index >= 15 is 0 Å². The number of rotatable bonds is 6. The molecule has 2 aromatic rings. The lowest BCUT2D eigenvalue weighted by molar-refractivity contribution is -0.130. The fourth-order valence-corrected chi connectivity index (χ4v) is 3.06. The van der Waals surface area contributed by atoms with Crippen LogP contribution >= 0.6 is 0 Å². The number of para-hydroxylation sites is 2. The molecule has 5 nitrogen and oxygen atoms in total. The molecule has 0 spiro atoms. The Morgan fingerprint density at radius 3 is 3.00 bits per heavy atom. The van der Waals surface area contributed by atoms with Crippen LogP contribution in [0.5, 0.6) is 0 Å². The minimum Gasteiger partial charge on any atom is -0.370 e. The molecule has 23 heavy (non-hydrogen) atoms. The lowest BCUT2D eigenvalue weighted by Gasteiger charge is -2.19. The first-order valence-electron chi connectivity index (χ1n) is 8.51. The molecule has 0 N–H and O–H groups in total. The molecule has 0 bridgehead atoms. The molecule has 1 amide bonds. The quantitative estimate of drug-likeness (QED) is 0.823. The molecule has 0 radical (unpaired) electrons. The van der Waals surface area contributed by atoms with Crippen LogP contribution in [0, 0.1) is 0 Å². The Hall–Kier alpha value is -1.88. The second kappa shape index (κ2) is 7.13. The number of carbonyl (C=O) groups is 1. The maximum absolute atomic E-state index is 12.6. The number of aromatic nitrogens is 2.